The molecular formula is C13H20ClNOS. The molecule has 17 heavy (non-hydrogen) atoms. The average molecular weight is 274 g/mol. The third kappa shape index (κ3) is 3.02. The molecule has 1 aliphatic rings. The Balaban J connectivity index is 2.21. The number of rotatable bonds is 4. The van der Waals surface area contributed by atoms with Crippen molar-refractivity contribution in [1.82, 2.24) is 5.32 Å². The molecule has 0 radical (unpaired) electrons. The summed E-state index contributed by atoms with van der Waals surface area (Å²) in [4.78, 5) is 1.28. The van der Waals surface area contributed by atoms with E-state index in [1.54, 1.807) is 11.3 Å². The lowest BCUT2D eigenvalue weighted by Gasteiger charge is -2.40. The van der Waals surface area contributed by atoms with Crippen molar-refractivity contribution < 1.29 is 4.74 Å². The average Bonchev–Trinajstić information content (AvgIpc) is 2.73. The maximum atomic E-state index is 6.04. The van der Waals surface area contributed by atoms with Gasteiger partial charge in [-0.05, 0) is 44.9 Å². The number of hydrogen-bond acceptors (Lipinski definition) is 3. The lowest BCUT2D eigenvalue weighted by atomic mass is 9.87. The summed E-state index contributed by atoms with van der Waals surface area (Å²) in [6.45, 7) is 6.16. The summed E-state index contributed by atoms with van der Waals surface area (Å²) in [6.07, 6.45) is 3.54. The smallest absolute Gasteiger partial charge is 0.0931 e. The van der Waals surface area contributed by atoms with E-state index in [-0.39, 0.29) is 11.6 Å². The van der Waals surface area contributed by atoms with Crippen LogP contribution in [0.25, 0.3) is 0 Å². The molecule has 1 aromatic heterocycles. The van der Waals surface area contributed by atoms with Crippen LogP contribution >= 0.6 is 22.9 Å². The summed E-state index contributed by atoms with van der Waals surface area (Å²) in [5, 5.41) is 3.55. The summed E-state index contributed by atoms with van der Waals surface area (Å²) in [7, 11) is 0. The van der Waals surface area contributed by atoms with E-state index in [2.05, 4.69) is 25.2 Å². The van der Waals surface area contributed by atoms with E-state index < -0.39 is 0 Å². The summed E-state index contributed by atoms with van der Waals surface area (Å²) in [5.74, 6) is 0. The van der Waals surface area contributed by atoms with Crippen LogP contribution in [0.15, 0.2) is 12.1 Å². The fourth-order valence-electron chi connectivity index (χ4n) is 2.49. The number of halogens is 1. The van der Waals surface area contributed by atoms with E-state index in [0.29, 0.717) is 0 Å². The third-order valence-electron chi connectivity index (χ3n) is 3.40. The fraction of sp³-hybridized carbons (Fsp3) is 0.692. The Kier molecular flexibility index (Phi) is 4.47. The van der Waals surface area contributed by atoms with Crippen molar-refractivity contribution in [2.75, 3.05) is 13.2 Å². The topological polar surface area (TPSA) is 21.3 Å². The molecule has 0 aromatic carbocycles. The Bertz CT molecular complexity index is 360. The van der Waals surface area contributed by atoms with Crippen LogP contribution in [0.3, 0.4) is 0 Å². The van der Waals surface area contributed by atoms with Gasteiger partial charge in [0.2, 0.25) is 0 Å². The van der Waals surface area contributed by atoms with E-state index >= 15 is 0 Å². The van der Waals surface area contributed by atoms with Crippen LogP contribution < -0.4 is 5.32 Å². The minimum atomic E-state index is -0.0948. The van der Waals surface area contributed by atoms with Crippen LogP contribution in [0.1, 0.15) is 44.0 Å². The van der Waals surface area contributed by atoms with E-state index in [4.69, 9.17) is 16.3 Å². The van der Waals surface area contributed by atoms with E-state index in [9.17, 15) is 0 Å². The van der Waals surface area contributed by atoms with Gasteiger partial charge in [0.1, 0.15) is 0 Å². The summed E-state index contributed by atoms with van der Waals surface area (Å²) < 4.78 is 6.89. The van der Waals surface area contributed by atoms with Gasteiger partial charge >= 0.3 is 0 Å². The van der Waals surface area contributed by atoms with Gasteiger partial charge in [-0.2, -0.15) is 0 Å². The first-order valence-electron chi connectivity index (χ1n) is 6.28. The molecule has 0 bridgehead atoms. The Hall–Kier alpha value is -0.0900. The second kappa shape index (κ2) is 5.70. The lowest BCUT2D eigenvalue weighted by molar-refractivity contribution is -0.0888. The third-order valence-corrected chi connectivity index (χ3v) is 4.69. The molecular weight excluding hydrogens is 254 g/mol. The SMILES string of the molecule is CCNC(c1ccc(Cl)s1)C1(C)CCCCO1. The molecule has 0 saturated carbocycles. The molecule has 1 fully saturated rings. The van der Waals surface area contributed by atoms with Crippen molar-refractivity contribution in [3.63, 3.8) is 0 Å². The number of hydrogen-bond donors (Lipinski definition) is 1. The summed E-state index contributed by atoms with van der Waals surface area (Å²) in [6, 6.07) is 4.34. The Morgan fingerprint density at radius 1 is 1.53 bits per heavy atom. The number of ether oxygens (including phenoxy) is 1. The van der Waals surface area contributed by atoms with Crippen molar-refractivity contribution in [3.05, 3.63) is 21.3 Å². The molecule has 1 saturated heterocycles. The monoisotopic (exact) mass is 273 g/mol. The van der Waals surface area contributed by atoms with Crippen molar-refractivity contribution in [2.45, 2.75) is 44.8 Å². The predicted octanol–water partition coefficient (Wildman–Crippen LogP) is 4.01. The molecule has 0 spiro atoms. The highest BCUT2D eigenvalue weighted by Gasteiger charge is 2.38. The first-order chi connectivity index (χ1) is 8.15. The zero-order chi connectivity index (χ0) is 12.3. The van der Waals surface area contributed by atoms with Crippen LogP contribution in [0.2, 0.25) is 4.34 Å². The quantitative estimate of drug-likeness (QED) is 0.895. The second-order valence-corrected chi connectivity index (χ2v) is 6.50. The van der Waals surface area contributed by atoms with Crippen LogP contribution in [-0.4, -0.2) is 18.8 Å². The Morgan fingerprint density at radius 3 is 2.88 bits per heavy atom. The first-order valence-corrected chi connectivity index (χ1v) is 7.48. The maximum Gasteiger partial charge on any atom is 0.0931 e. The molecule has 2 nitrogen and oxygen atoms in total. The van der Waals surface area contributed by atoms with E-state index in [1.165, 1.54) is 17.7 Å². The van der Waals surface area contributed by atoms with Gasteiger partial charge in [0.25, 0.3) is 0 Å². The highest BCUT2D eigenvalue weighted by atomic mass is 35.5. The van der Waals surface area contributed by atoms with Crippen LogP contribution in [-0.2, 0) is 4.74 Å². The van der Waals surface area contributed by atoms with E-state index in [1.807, 2.05) is 6.07 Å². The van der Waals surface area contributed by atoms with Crippen LogP contribution in [0, 0.1) is 0 Å². The largest absolute Gasteiger partial charge is 0.373 e. The van der Waals surface area contributed by atoms with E-state index in [0.717, 1.165) is 23.9 Å². The molecule has 1 aromatic rings. The van der Waals surface area contributed by atoms with Gasteiger partial charge in [-0.3, -0.25) is 0 Å². The van der Waals surface area contributed by atoms with Gasteiger partial charge in [-0.1, -0.05) is 18.5 Å². The lowest BCUT2D eigenvalue weighted by Crippen LogP contribution is -2.45. The highest BCUT2D eigenvalue weighted by molar-refractivity contribution is 7.16. The van der Waals surface area contributed by atoms with Crippen LogP contribution in [0.4, 0.5) is 0 Å². The minimum absolute atomic E-state index is 0.0948. The molecule has 2 atom stereocenters. The van der Waals surface area contributed by atoms with Crippen LogP contribution in [0.5, 0.6) is 0 Å². The standard InChI is InChI=1S/C13H20ClNOS/c1-3-15-12(10-6-7-11(14)17-10)13(2)8-4-5-9-16-13/h6-7,12,15H,3-5,8-9H2,1-2H3. The zero-order valence-corrected chi connectivity index (χ0v) is 12.0. The van der Waals surface area contributed by atoms with Crippen molar-refractivity contribution in [2.24, 2.45) is 0 Å². The molecule has 2 heterocycles. The number of nitrogens with one attached hydrogen (secondary N) is 1. The van der Waals surface area contributed by atoms with Crippen molar-refractivity contribution in [1.29, 1.82) is 0 Å². The van der Waals surface area contributed by atoms with Gasteiger partial charge < -0.3 is 10.1 Å². The number of thiophene rings is 1. The van der Waals surface area contributed by atoms with Gasteiger partial charge in [0, 0.05) is 11.5 Å². The zero-order valence-electron chi connectivity index (χ0n) is 10.5. The van der Waals surface area contributed by atoms with Gasteiger partial charge in [-0.25, -0.2) is 0 Å². The molecule has 2 unspecified atom stereocenters. The molecule has 96 valence electrons. The van der Waals surface area contributed by atoms with Crippen molar-refractivity contribution in [3.8, 4) is 0 Å². The normalized spacial score (nSPS) is 27.0. The van der Waals surface area contributed by atoms with Gasteiger partial charge in [0.05, 0.1) is 16.0 Å². The fourth-order valence-corrected chi connectivity index (χ4v) is 3.77. The molecule has 2 rings (SSSR count). The molecule has 1 aliphatic heterocycles. The highest BCUT2D eigenvalue weighted by Crippen LogP contribution is 2.39. The number of likely N-dealkylation sites (N-methyl/N-ethyl adjacent to an activating group) is 1. The van der Waals surface area contributed by atoms with Crippen molar-refractivity contribution >= 4 is 22.9 Å². The van der Waals surface area contributed by atoms with Gasteiger partial charge in [0.15, 0.2) is 0 Å². The predicted molar refractivity (Wildman–Crippen MR) is 74.0 cm³/mol. The maximum absolute atomic E-state index is 6.04. The minimum Gasteiger partial charge on any atom is -0.373 e. The summed E-state index contributed by atoms with van der Waals surface area (Å²) in [5.41, 5.74) is -0.0948. The Morgan fingerprint density at radius 2 is 2.35 bits per heavy atom. The molecule has 4 heteroatoms. The molecule has 0 aliphatic carbocycles. The van der Waals surface area contributed by atoms with Gasteiger partial charge in [-0.15, -0.1) is 11.3 Å². The second-order valence-electron chi connectivity index (χ2n) is 4.75. The summed E-state index contributed by atoms with van der Waals surface area (Å²) >= 11 is 7.69. The Labute approximate surface area is 112 Å². The molecule has 1 N–H and O–H groups in total. The first kappa shape index (κ1) is 13.3. The molecule has 0 amide bonds.